The van der Waals surface area contributed by atoms with E-state index in [4.69, 9.17) is 16.0 Å². The lowest BCUT2D eigenvalue weighted by Crippen LogP contribution is -2.24. The summed E-state index contributed by atoms with van der Waals surface area (Å²) < 4.78 is 5.41. The van der Waals surface area contributed by atoms with E-state index in [2.05, 4.69) is 12.2 Å². The molecule has 2 nitrogen and oxygen atoms in total. The minimum absolute atomic E-state index is 0.278. The standard InChI is InChI=1S/C14H18ClNOS/c1-3-6-16-13(11-4-7-17-10(11)2)9-14-12(15)5-8-18-14/h4-5,7-8,13,16H,3,6,9H2,1-2H3. The molecule has 1 unspecified atom stereocenters. The van der Waals surface area contributed by atoms with E-state index in [9.17, 15) is 0 Å². The Bertz CT molecular complexity index is 491. The molecule has 0 bridgehead atoms. The number of hydrogen-bond donors (Lipinski definition) is 1. The first-order chi connectivity index (χ1) is 8.72. The van der Waals surface area contributed by atoms with E-state index >= 15 is 0 Å². The quantitative estimate of drug-likeness (QED) is 0.839. The van der Waals surface area contributed by atoms with Crippen molar-refractivity contribution >= 4 is 22.9 Å². The van der Waals surface area contributed by atoms with Crippen LogP contribution in [0.25, 0.3) is 0 Å². The van der Waals surface area contributed by atoms with Gasteiger partial charge in [0.25, 0.3) is 0 Å². The summed E-state index contributed by atoms with van der Waals surface area (Å²) in [5.74, 6) is 0.983. The maximum Gasteiger partial charge on any atom is 0.105 e. The van der Waals surface area contributed by atoms with Crippen LogP contribution in [-0.4, -0.2) is 6.54 Å². The first-order valence-electron chi connectivity index (χ1n) is 6.21. The molecule has 2 heterocycles. The largest absolute Gasteiger partial charge is 0.469 e. The van der Waals surface area contributed by atoms with Crippen LogP contribution < -0.4 is 5.32 Å². The molecule has 0 aromatic carbocycles. The van der Waals surface area contributed by atoms with Gasteiger partial charge < -0.3 is 9.73 Å². The molecule has 1 atom stereocenters. The third-order valence-corrected chi connectivity index (χ3v) is 4.41. The predicted octanol–water partition coefficient (Wildman–Crippen LogP) is 4.59. The molecule has 0 spiro atoms. The summed E-state index contributed by atoms with van der Waals surface area (Å²) >= 11 is 7.89. The summed E-state index contributed by atoms with van der Waals surface area (Å²) in [6.07, 6.45) is 3.78. The normalized spacial score (nSPS) is 12.8. The number of furan rings is 1. The van der Waals surface area contributed by atoms with Gasteiger partial charge in [0.1, 0.15) is 5.76 Å². The number of thiophene rings is 1. The van der Waals surface area contributed by atoms with Crippen molar-refractivity contribution in [1.82, 2.24) is 5.32 Å². The van der Waals surface area contributed by atoms with Gasteiger partial charge in [-0.05, 0) is 37.4 Å². The fourth-order valence-electron chi connectivity index (χ4n) is 2.02. The van der Waals surface area contributed by atoms with Crippen LogP contribution in [0.5, 0.6) is 0 Å². The van der Waals surface area contributed by atoms with Gasteiger partial charge in [-0.15, -0.1) is 11.3 Å². The van der Waals surface area contributed by atoms with Gasteiger partial charge in [-0.2, -0.15) is 0 Å². The second-order valence-corrected chi connectivity index (χ2v) is 5.74. The number of halogens is 1. The molecule has 2 aromatic rings. The molecular formula is C14H18ClNOS. The highest BCUT2D eigenvalue weighted by Gasteiger charge is 2.17. The Hall–Kier alpha value is -0.770. The molecule has 1 N–H and O–H groups in total. The monoisotopic (exact) mass is 283 g/mol. The van der Waals surface area contributed by atoms with Crippen molar-refractivity contribution in [2.75, 3.05) is 6.54 Å². The second kappa shape index (κ2) is 6.41. The fraction of sp³-hybridized carbons (Fsp3) is 0.429. The second-order valence-electron chi connectivity index (χ2n) is 4.33. The minimum atomic E-state index is 0.278. The van der Waals surface area contributed by atoms with Crippen molar-refractivity contribution in [3.63, 3.8) is 0 Å². The van der Waals surface area contributed by atoms with Gasteiger partial charge in [0.15, 0.2) is 0 Å². The minimum Gasteiger partial charge on any atom is -0.469 e. The zero-order valence-electron chi connectivity index (χ0n) is 10.7. The highest BCUT2D eigenvalue weighted by Crippen LogP contribution is 2.29. The highest BCUT2D eigenvalue weighted by molar-refractivity contribution is 7.10. The molecule has 98 valence electrons. The van der Waals surface area contributed by atoms with Crippen molar-refractivity contribution in [2.24, 2.45) is 0 Å². The van der Waals surface area contributed by atoms with Crippen LogP contribution >= 0.6 is 22.9 Å². The van der Waals surface area contributed by atoms with Crippen LogP contribution in [0.15, 0.2) is 28.2 Å². The van der Waals surface area contributed by atoms with Crippen LogP contribution in [0.3, 0.4) is 0 Å². The number of rotatable bonds is 6. The van der Waals surface area contributed by atoms with Crippen molar-refractivity contribution in [1.29, 1.82) is 0 Å². The number of hydrogen-bond acceptors (Lipinski definition) is 3. The van der Waals surface area contributed by atoms with Crippen molar-refractivity contribution < 1.29 is 4.42 Å². The summed E-state index contributed by atoms with van der Waals surface area (Å²) in [6.45, 7) is 5.18. The first-order valence-corrected chi connectivity index (χ1v) is 7.47. The number of nitrogens with one attached hydrogen (secondary N) is 1. The summed E-state index contributed by atoms with van der Waals surface area (Å²) in [5, 5.41) is 6.47. The summed E-state index contributed by atoms with van der Waals surface area (Å²) in [6, 6.07) is 4.28. The Morgan fingerprint density at radius 2 is 2.28 bits per heavy atom. The topological polar surface area (TPSA) is 25.2 Å². The van der Waals surface area contributed by atoms with E-state index in [1.54, 1.807) is 17.6 Å². The first kappa shape index (κ1) is 13.7. The zero-order chi connectivity index (χ0) is 13.0. The predicted molar refractivity (Wildman–Crippen MR) is 77.5 cm³/mol. The van der Waals surface area contributed by atoms with Crippen molar-refractivity contribution in [2.45, 2.75) is 32.7 Å². The van der Waals surface area contributed by atoms with E-state index in [-0.39, 0.29) is 6.04 Å². The van der Waals surface area contributed by atoms with Crippen LogP contribution in [0.1, 0.15) is 35.6 Å². The maximum atomic E-state index is 6.18. The number of aryl methyl sites for hydroxylation is 1. The van der Waals surface area contributed by atoms with E-state index in [0.717, 1.165) is 30.2 Å². The highest BCUT2D eigenvalue weighted by atomic mass is 35.5. The van der Waals surface area contributed by atoms with Gasteiger partial charge in [0.05, 0.1) is 11.3 Å². The zero-order valence-corrected chi connectivity index (χ0v) is 12.3. The van der Waals surface area contributed by atoms with E-state index < -0.39 is 0 Å². The molecular weight excluding hydrogens is 266 g/mol. The molecule has 2 aromatic heterocycles. The average Bonchev–Trinajstić information content (AvgIpc) is 2.94. The fourth-order valence-corrected chi connectivity index (χ4v) is 3.18. The lowest BCUT2D eigenvalue weighted by Gasteiger charge is -2.17. The van der Waals surface area contributed by atoms with Crippen LogP contribution in [0.4, 0.5) is 0 Å². The van der Waals surface area contributed by atoms with Gasteiger partial charge >= 0.3 is 0 Å². The van der Waals surface area contributed by atoms with Crippen molar-refractivity contribution in [3.05, 3.63) is 45.0 Å². The Morgan fingerprint density at radius 1 is 1.44 bits per heavy atom. The maximum absolute atomic E-state index is 6.18. The lowest BCUT2D eigenvalue weighted by atomic mass is 10.0. The average molecular weight is 284 g/mol. The van der Waals surface area contributed by atoms with Crippen LogP contribution in [-0.2, 0) is 6.42 Å². The van der Waals surface area contributed by atoms with E-state index in [0.29, 0.717) is 0 Å². The molecule has 0 saturated carbocycles. The Balaban J connectivity index is 2.15. The van der Waals surface area contributed by atoms with Gasteiger partial charge in [-0.25, -0.2) is 0 Å². The van der Waals surface area contributed by atoms with Crippen LogP contribution in [0.2, 0.25) is 5.02 Å². The van der Waals surface area contributed by atoms with Gasteiger partial charge in [-0.3, -0.25) is 0 Å². The SMILES string of the molecule is CCCNC(Cc1sccc1Cl)c1ccoc1C. The molecule has 0 aliphatic carbocycles. The molecule has 18 heavy (non-hydrogen) atoms. The molecule has 0 aliphatic heterocycles. The molecule has 0 amide bonds. The summed E-state index contributed by atoms with van der Waals surface area (Å²) in [5.41, 5.74) is 1.23. The lowest BCUT2D eigenvalue weighted by molar-refractivity contribution is 0.495. The molecule has 0 aliphatic rings. The summed E-state index contributed by atoms with van der Waals surface area (Å²) in [7, 11) is 0. The Morgan fingerprint density at radius 3 is 2.83 bits per heavy atom. The molecule has 2 rings (SSSR count). The Labute approximate surface area is 117 Å². The Kier molecular flexibility index (Phi) is 4.87. The van der Waals surface area contributed by atoms with E-state index in [1.807, 2.05) is 24.4 Å². The molecule has 0 radical (unpaired) electrons. The molecule has 0 fully saturated rings. The summed E-state index contributed by atoms with van der Waals surface area (Å²) in [4.78, 5) is 1.23. The smallest absolute Gasteiger partial charge is 0.105 e. The van der Waals surface area contributed by atoms with E-state index in [1.165, 1.54) is 10.4 Å². The van der Waals surface area contributed by atoms with Gasteiger partial charge in [0.2, 0.25) is 0 Å². The van der Waals surface area contributed by atoms with Crippen LogP contribution in [0, 0.1) is 6.92 Å². The third-order valence-electron chi connectivity index (χ3n) is 3.00. The third kappa shape index (κ3) is 3.16. The van der Waals surface area contributed by atoms with Gasteiger partial charge in [0, 0.05) is 22.9 Å². The van der Waals surface area contributed by atoms with Crippen molar-refractivity contribution in [3.8, 4) is 0 Å². The van der Waals surface area contributed by atoms with Gasteiger partial charge in [-0.1, -0.05) is 18.5 Å². The molecule has 0 saturated heterocycles. The molecule has 4 heteroatoms.